The first-order valence-electron chi connectivity index (χ1n) is 9.46. The first kappa shape index (κ1) is 21.0. The topological polar surface area (TPSA) is 68.5 Å². The van der Waals surface area contributed by atoms with Crippen LogP contribution in [0.15, 0.2) is 82.0 Å². The fraction of sp³-hybridized carbons (Fsp3) is 0.0833. The van der Waals surface area contributed by atoms with E-state index in [0.717, 1.165) is 5.39 Å². The maximum atomic E-state index is 12.5. The predicted molar refractivity (Wildman–Crippen MR) is 123 cm³/mol. The molecule has 0 fully saturated rings. The largest absolute Gasteiger partial charge is 0.479 e. The van der Waals surface area contributed by atoms with Crippen molar-refractivity contribution >= 4 is 45.8 Å². The number of fused-ring (bicyclic) bond motifs is 1. The standard InChI is InChI=1S/C24H17Cl2NO4/c1-14(30-22-11-8-17(25)13-20(22)26)23(28)27-18-9-6-15(7-10-18)19-12-16-4-2-3-5-21(16)31-24(19)29/h2-14H,1H3,(H,27,28)/t14-/m0/s1. The summed E-state index contributed by atoms with van der Waals surface area (Å²) >= 11 is 12.0. The third kappa shape index (κ3) is 4.74. The van der Waals surface area contributed by atoms with E-state index in [0.29, 0.717) is 38.2 Å². The molecule has 1 atom stereocenters. The molecule has 31 heavy (non-hydrogen) atoms. The van der Waals surface area contributed by atoms with E-state index in [4.69, 9.17) is 32.4 Å². The van der Waals surface area contributed by atoms with Crippen LogP contribution in [0.25, 0.3) is 22.1 Å². The summed E-state index contributed by atoms with van der Waals surface area (Å²) in [5, 5.41) is 4.42. The summed E-state index contributed by atoms with van der Waals surface area (Å²) in [6.07, 6.45) is -0.786. The van der Waals surface area contributed by atoms with Crippen molar-refractivity contribution in [1.82, 2.24) is 0 Å². The van der Waals surface area contributed by atoms with Crippen molar-refractivity contribution < 1.29 is 13.9 Å². The third-order valence-corrected chi connectivity index (χ3v) is 5.20. The van der Waals surface area contributed by atoms with Gasteiger partial charge in [0.25, 0.3) is 5.91 Å². The van der Waals surface area contributed by atoms with Crippen LogP contribution in [-0.2, 0) is 4.79 Å². The van der Waals surface area contributed by atoms with Gasteiger partial charge in [-0.2, -0.15) is 0 Å². The molecule has 3 aromatic carbocycles. The van der Waals surface area contributed by atoms with Crippen molar-refractivity contribution in [3.8, 4) is 16.9 Å². The van der Waals surface area contributed by atoms with E-state index in [1.54, 1.807) is 61.5 Å². The highest BCUT2D eigenvalue weighted by atomic mass is 35.5. The molecule has 7 heteroatoms. The van der Waals surface area contributed by atoms with Gasteiger partial charge in [0.2, 0.25) is 0 Å². The number of hydrogen-bond donors (Lipinski definition) is 1. The van der Waals surface area contributed by atoms with Gasteiger partial charge >= 0.3 is 5.63 Å². The molecule has 0 unspecified atom stereocenters. The van der Waals surface area contributed by atoms with Gasteiger partial charge in [-0.15, -0.1) is 0 Å². The minimum absolute atomic E-state index is 0.325. The first-order valence-corrected chi connectivity index (χ1v) is 10.2. The summed E-state index contributed by atoms with van der Waals surface area (Å²) in [7, 11) is 0. The third-order valence-electron chi connectivity index (χ3n) is 4.67. The second kappa shape index (κ2) is 8.84. The van der Waals surface area contributed by atoms with Gasteiger partial charge in [0.1, 0.15) is 11.3 Å². The van der Waals surface area contributed by atoms with Crippen LogP contribution < -0.4 is 15.7 Å². The van der Waals surface area contributed by atoms with Crippen molar-refractivity contribution in [1.29, 1.82) is 0 Å². The smallest absolute Gasteiger partial charge is 0.344 e. The maximum Gasteiger partial charge on any atom is 0.344 e. The van der Waals surface area contributed by atoms with E-state index in [9.17, 15) is 9.59 Å². The van der Waals surface area contributed by atoms with Gasteiger partial charge in [0.05, 0.1) is 10.6 Å². The Balaban J connectivity index is 1.47. The summed E-state index contributed by atoms with van der Waals surface area (Å²) in [5.74, 6) is 0.0241. The Morgan fingerprint density at radius 3 is 2.48 bits per heavy atom. The maximum absolute atomic E-state index is 12.5. The van der Waals surface area contributed by atoms with Gasteiger partial charge in [-0.1, -0.05) is 53.5 Å². The molecule has 0 spiro atoms. The number of hydrogen-bond acceptors (Lipinski definition) is 4. The fourth-order valence-electron chi connectivity index (χ4n) is 3.05. The summed E-state index contributed by atoms with van der Waals surface area (Å²) < 4.78 is 11.0. The predicted octanol–water partition coefficient (Wildman–Crippen LogP) is 6.17. The second-order valence-corrected chi connectivity index (χ2v) is 7.73. The number of benzene rings is 3. The minimum Gasteiger partial charge on any atom is -0.479 e. The Hall–Kier alpha value is -3.28. The van der Waals surface area contributed by atoms with Gasteiger partial charge in [0.15, 0.2) is 6.10 Å². The van der Waals surface area contributed by atoms with Gasteiger partial charge < -0.3 is 14.5 Å². The highest BCUT2D eigenvalue weighted by Crippen LogP contribution is 2.28. The van der Waals surface area contributed by atoms with Crippen LogP contribution in [0.2, 0.25) is 10.0 Å². The van der Waals surface area contributed by atoms with Gasteiger partial charge in [-0.25, -0.2) is 4.79 Å². The average molecular weight is 454 g/mol. The van der Waals surface area contributed by atoms with Crippen molar-refractivity contribution in [2.75, 3.05) is 5.32 Å². The van der Waals surface area contributed by atoms with E-state index in [2.05, 4.69) is 5.32 Å². The number of carbonyl (C=O) groups excluding carboxylic acids is 1. The Labute approximate surface area is 188 Å². The van der Waals surface area contributed by atoms with Gasteiger partial charge in [-0.05, 0) is 55.0 Å². The molecule has 5 nitrogen and oxygen atoms in total. The highest BCUT2D eigenvalue weighted by Gasteiger charge is 2.17. The zero-order valence-electron chi connectivity index (χ0n) is 16.4. The molecule has 1 aromatic heterocycles. The molecule has 0 aliphatic carbocycles. The minimum atomic E-state index is -0.786. The number of amides is 1. The summed E-state index contributed by atoms with van der Waals surface area (Å²) in [6, 6.07) is 20.8. The Morgan fingerprint density at radius 2 is 1.74 bits per heavy atom. The number of para-hydroxylation sites is 1. The summed E-state index contributed by atoms with van der Waals surface area (Å²) in [4.78, 5) is 24.8. The number of rotatable bonds is 5. The quantitative estimate of drug-likeness (QED) is 0.366. The van der Waals surface area contributed by atoms with Crippen LogP contribution >= 0.6 is 23.2 Å². The van der Waals surface area contributed by atoms with Crippen LogP contribution in [-0.4, -0.2) is 12.0 Å². The van der Waals surface area contributed by atoms with Crippen molar-refractivity contribution in [2.24, 2.45) is 0 Å². The lowest BCUT2D eigenvalue weighted by Gasteiger charge is -2.16. The van der Waals surface area contributed by atoms with Crippen molar-refractivity contribution in [2.45, 2.75) is 13.0 Å². The lowest BCUT2D eigenvalue weighted by molar-refractivity contribution is -0.122. The van der Waals surface area contributed by atoms with E-state index in [1.807, 2.05) is 18.2 Å². The zero-order chi connectivity index (χ0) is 22.0. The number of nitrogens with one attached hydrogen (secondary N) is 1. The first-order chi connectivity index (χ1) is 14.9. The fourth-order valence-corrected chi connectivity index (χ4v) is 3.51. The van der Waals surface area contributed by atoms with Gasteiger partial charge in [-0.3, -0.25) is 4.79 Å². The van der Waals surface area contributed by atoms with Crippen molar-refractivity contribution in [3.63, 3.8) is 0 Å². The number of anilines is 1. The molecule has 1 amide bonds. The molecule has 1 N–H and O–H groups in total. The number of carbonyl (C=O) groups is 1. The molecule has 1 heterocycles. The van der Waals surface area contributed by atoms with Crippen LogP contribution in [0.5, 0.6) is 5.75 Å². The molecule has 0 saturated carbocycles. The Morgan fingerprint density at radius 1 is 1.00 bits per heavy atom. The zero-order valence-corrected chi connectivity index (χ0v) is 17.9. The molecule has 0 aliphatic heterocycles. The van der Waals surface area contributed by atoms with E-state index >= 15 is 0 Å². The molecule has 4 aromatic rings. The lowest BCUT2D eigenvalue weighted by Crippen LogP contribution is -2.30. The molecule has 0 saturated heterocycles. The second-order valence-electron chi connectivity index (χ2n) is 6.89. The van der Waals surface area contributed by atoms with Crippen LogP contribution in [0.3, 0.4) is 0 Å². The molecule has 156 valence electrons. The molecule has 0 radical (unpaired) electrons. The molecule has 0 bridgehead atoms. The average Bonchev–Trinajstić information content (AvgIpc) is 2.75. The van der Waals surface area contributed by atoms with Crippen molar-refractivity contribution in [3.05, 3.63) is 93.3 Å². The SMILES string of the molecule is C[C@H](Oc1ccc(Cl)cc1Cl)C(=O)Nc1ccc(-c2cc3ccccc3oc2=O)cc1. The van der Waals surface area contributed by atoms with E-state index < -0.39 is 11.7 Å². The van der Waals surface area contributed by atoms with E-state index in [-0.39, 0.29) is 5.91 Å². The summed E-state index contributed by atoms with van der Waals surface area (Å²) in [6.45, 7) is 1.62. The van der Waals surface area contributed by atoms with Crippen LogP contribution in [0.1, 0.15) is 6.92 Å². The Bertz CT molecular complexity index is 1320. The highest BCUT2D eigenvalue weighted by molar-refractivity contribution is 6.35. The van der Waals surface area contributed by atoms with Crippen LogP contribution in [0, 0.1) is 0 Å². The lowest BCUT2D eigenvalue weighted by atomic mass is 10.1. The number of ether oxygens (including phenoxy) is 1. The Kier molecular flexibility index (Phi) is 5.98. The molecular formula is C24H17Cl2NO4. The summed E-state index contributed by atoms with van der Waals surface area (Å²) in [5.41, 5.74) is 1.82. The number of halogens is 2. The van der Waals surface area contributed by atoms with Crippen LogP contribution in [0.4, 0.5) is 5.69 Å². The molecular weight excluding hydrogens is 437 g/mol. The normalized spacial score (nSPS) is 11.8. The monoisotopic (exact) mass is 453 g/mol. The molecule has 4 rings (SSSR count). The van der Waals surface area contributed by atoms with E-state index in [1.165, 1.54) is 0 Å². The van der Waals surface area contributed by atoms with Gasteiger partial charge in [0, 0.05) is 16.1 Å². The molecule has 0 aliphatic rings.